The molecule has 2 aliphatic rings. The van der Waals surface area contributed by atoms with Crippen LogP contribution in [0.2, 0.25) is 0 Å². The molecule has 2 nitrogen and oxygen atoms in total. The zero-order valence-electron chi connectivity index (χ0n) is 31.7. The Kier molecular flexibility index (Phi) is 8.80. The average molecular weight is 779 g/mol. The van der Waals surface area contributed by atoms with Gasteiger partial charge in [0.05, 0.1) is 0 Å². The highest BCUT2D eigenvalue weighted by Crippen LogP contribution is 2.50. The molecular formula is C54H38N2S2. The van der Waals surface area contributed by atoms with Gasteiger partial charge in [0, 0.05) is 70.4 Å². The van der Waals surface area contributed by atoms with Gasteiger partial charge < -0.3 is 9.80 Å². The van der Waals surface area contributed by atoms with Gasteiger partial charge in [-0.1, -0.05) is 140 Å². The van der Waals surface area contributed by atoms with Gasteiger partial charge in [0.2, 0.25) is 0 Å². The highest BCUT2D eigenvalue weighted by molar-refractivity contribution is 8.00. The first-order valence-electron chi connectivity index (χ1n) is 19.8. The molecule has 0 fully saturated rings. The van der Waals surface area contributed by atoms with E-state index in [9.17, 15) is 0 Å². The summed E-state index contributed by atoms with van der Waals surface area (Å²) in [5, 5.41) is 3.11. The number of para-hydroxylation sites is 2. The topological polar surface area (TPSA) is 6.48 Å². The first kappa shape index (κ1) is 34.6. The lowest BCUT2D eigenvalue weighted by Crippen LogP contribution is -2.10. The smallest absolute Gasteiger partial charge is 0.0476 e. The second kappa shape index (κ2) is 14.7. The Hall–Kier alpha value is -6.59. The Labute approximate surface area is 347 Å². The van der Waals surface area contributed by atoms with E-state index < -0.39 is 0 Å². The fraction of sp³-hybridized carbons (Fsp3) is 0.0370. The van der Waals surface area contributed by atoms with Crippen LogP contribution in [0.1, 0.15) is 11.5 Å². The van der Waals surface area contributed by atoms with Crippen LogP contribution in [0.4, 0.5) is 34.1 Å². The van der Waals surface area contributed by atoms with E-state index in [1.54, 1.807) is 0 Å². The highest BCUT2D eigenvalue weighted by atomic mass is 32.2. The Morgan fingerprint density at radius 2 is 0.828 bits per heavy atom. The van der Waals surface area contributed by atoms with Crippen molar-refractivity contribution >= 4 is 77.4 Å². The van der Waals surface area contributed by atoms with Crippen LogP contribution >= 0.6 is 23.1 Å². The van der Waals surface area contributed by atoms with Crippen LogP contribution in [0.3, 0.4) is 0 Å². The fourth-order valence-electron chi connectivity index (χ4n) is 8.53. The summed E-state index contributed by atoms with van der Waals surface area (Å²) < 4.78 is 2.62. The Morgan fingerprint density at radius 1 is 0.362 bits per heavy atom. The minimum absolute atomic E-state index is 0.457. The molecular weight excluding hydrogens is 741 g/mol. The van der Waals surface area contributed by atoms with Gasteiger partial charge in [0.25, 0.3) is 0 Å². The quantitative estimate of drug-likeness (QED) is 0.152. The number of allylic oxidation sites excluding steroid dienone is 3. The Morgan fingerprint density at radius 3 is 1.45 bits per heavy atom. The molecule has 2 unspecified atom stereocenters. The molecule has 58 heavy (non-hydrogen) atoms. The van der Waals surface area contributed by atoms with Gasteiger partial charge in [-0.05, 0) is 107 Å². The molecule has 8 aromatic carbocycles. The SMILES string of the molecule is C1=CC2Sc3cc(N(c4ccccc4)c4ccc(-c5ccc(-c6ccc(N(c7ccccc7)c7ccc8c(c7)sc7ccccc78)cc6)cc5)cc4)ccc3C2C=C1. The largest absolute Gasteiger partial charge is 0.310 e. The van der Waals surface area contributed by atoms with Gasteiger partial charge >= 0.3 is 0 Å². The summed E-state index contributed by atoms with van der Waals surface area (Å²) in [4.78, 5) is 6.09. The van der Waals surface area contributed by atoms with Crippen LogP contribution in [0.25, 0.3) is 42.4 Å². The number of nitrogens with zero attached hydrogens (tertiary/aromatic N) is 2. The van der Waals surface area contributed by atoms with Gasteiger partial charge in [0.15, 0.2) is 0 Å². The summed E-state index contributed by atoms with van der Waals surface area (Å²) in [6.45, 7) is 0. The standard InChI is InChI=1S/C54H38N2S2/c1-3-11-41(12-4-1)55(45-31-33-49-47-15-7-9-17-51(47)57-53(49)35-45)43-27-23-39(24-28-43)37-19-21-38(22-20-37)40-25-29-44(30-26-40)56(42-13-5-2-6-14-42)46-32-34-50-48-16-8-10-18-52(48)58-54(50)36-46/h1-36,47,51H. The molecule has 2 heterocycles. The Balaban J connectivity index is 0.856. The molecule has 276 valence electrons. The maximum absolute atomic E-state index is 2.37. The van der Waals surface area contributed by atoms with Crippen molar-refractivity contribution in [1.82, 2.24) is 0 Å². The van der Waals surface area contributed by atoms with Crippen molar-refractivity contribution < 1.29 is 0 Å². The van der Waals surface area contributed by atoms with Crippen LogP contribution in [0.5, 0.6) is 0 Å². The number of benzene rings is 8. The van der Waals surface area contributed by atoms with E-state index >= 15 is 0 Å². The van der Waals surface area contributed by atoms with Crippen molar-refractivity contribution in [2.24, 2.45) is 0 Å². The zero-order chi connectivity index (χ0) is 38.4. The van der Waals surface area contributed by atoms with Gasteiger partial charge in [-0.25, -0.2) is 0 Å². The third kappa shape index (κ3) is 6.32. The van der Waals surface area contributed by atoms with Crippen LogP contribution in [0.15, 0.2) is 223 Å². The molecule has 11 rings (SSSR count). The lowest BCUT2D eigenvalue weighted by Gasteiger charge is -2.26. The third-order valence-corrected chi connectivity index (χ3v) is 13.9. The number of hydrogen-bond donors (Lipinski definition) is 0. The van der Waals surface area contributed by atoms with Crippen molar-refractivity contribution in [1.29, 1.82) is 0 Å². The summed E-state index contributed by atoms with van der Waals surface area (Å²) in [5.74, 6) is 0.457. The van der Waals surface area contributed by atoms with Crippen molar-refractivity contribution in [3.63, 3.8) is 0 Å². The second-order valence-electron chi connectivity index (χ2n) is 14.9. The van der Waals surface area contributed by atoms with E-state index in [2.05, 4.69) is 228 Å². The van der Waals surface area contributed by atoms with Crippen LogP contribution in [-0.4, -0.2) is 5.25 Å². The molecule has 0 amide bonds. The summed E-state index contributed by atoms with van der Waals surface area (Å²) >= 11 is 3.83. The van der Waals surface area contributed by atoms with Crippen molar-refractivity contribution in [2.45, 2.75) is 16.1 Å². The number of anilines is 6. The summed E-state index contributed by atoms with van der Waals surface area (Å²) in [6, 6.07) is 70.8. The molecule has 1 aliphatic heterocycles. The van der Waals surface area contributed by atoms with E-state index in [1.807, 2.05) is 23.1 Å². The summed E-state index contributed by atoms with van der Waals surface area (Å²) in [5.41, 5.74) is 13.1. The van der Waals surface area contributed by atoms with Gasteiger partial charge in [0.1, 0.15) is 0 Å². The number of fused-ring (bicyclic) bond motifs is 6. The van der Waals surface area contributed by atoms with E-state index in [0.29, 0.717) is 11.2 Å². The minimum atomic E-state index is 0.457. The monoisotopic (exact) mass is 778 g/mol. The molecule has 0 saturated heterocycles. The highest BCUT2D eigenvalue weighted by Gasteiger charge is 2.31. The average Bonchev–Trinajstić information content (AvgIpc) is 3.86. The van der Waals surface area contributed by atoms with Crippen LogP contribution in [0, 0.1) is 0 Å². The molecule has 1 aliphatic carbocycles. The van der Waals surface area contributed by atoms with Crippen molar-refractivity contribution in [3.8, 4) is 22.3 Å². The number of thioether (sulfide) groups is 1. The van der Waals surface area contributed by atoms with Gasteiger partial charge in [-0.2, -0.15) is 0 Å². The van der Waals surface area contributed by atoms with Crippen molar-refractivity contribution in [2.75, 3.05) is 9.80 Å². The summed E-state index contributed by atoms with van der Waals surface area (Å²) in [7, 11) is 0. The van der Waals surface area contributed by atoms with Crippen molar-refractivity contribution in [3.05, 3.63) is 224 Å². The number of rotatable bonds is 8. The second-order valence-corrected chi connectivity index (χ2v) is 17.2. The molecule has 0 saturated carbocycles. The molecule has 1 aromatic heterocycles. The van der Waals surface area contributed by atoms with E-state index in [1.165, 1.54) is 58.6 Å². The molecule has 0 bridgehead atoms. The first-order valence-corrected chi connectivity index (χ1v) is 21.5. The maximum atomic E-state index is 2.37. The lowest BCUT2D eigenvalue weighted by atomic mass is 9.92. The fourth-order valence-corrected chi connectivity index (χ4v) is 11.0. The third-order valence-electron chi connectivity index (χ3n) is 11.4. The minimum Gasteiger partial charge on any atom is -0.310 e. The maximum Gasteiger partial charge on any atom is 0.0476 e. The molecule has 4 heteroatoms. The predicted molar refractivity (Wildman–Crippen MR) is 250 cm³/mol. The lowest BCUT2D eigenvalue weighted by molar-refractivity contribution is 0.881. The van der Waals surface area contributed by atoms with E-state index in [-0.39, 0.29) is 0 Å². The van der Waals surface area contributed by atoms with Crippen LogP contribution in [-0.2, 0) is 0 Å². The molecule has 9 aromatic rings. The first-order chi connectivity index (χ1) is 28.7. The van der Waals surface area contributed by atoms with E-state index in [0.717, 1.165) is 28.4 Å². The number of hydrogen-bond acceptors (Lipinski definition) is 4. The molecule has 0 spiro atoms. The molecule has 0 radical (unpaired) electrons. The van der Waals surface area contributed by atoms with E-state index in [4.69, 9.17) is 0 Å². The predicted octanol–water partition coefficient (Wildman–Crippen LogP) is 16.0. The molecule has 2 atom stereocenters. The Bertz CT molecular complexity index is 2970. The zero-order valence-corrected chi connectivity index (χ0v) is 33.3. The normalized spacial score (nSPS) is 15.4. The number of thiophene rings is 1. The summed E-state index contributed by atoms with van der Waals surface area (Å²) in [6.07, 6.45) is 9.04. The van der Waals surface area contributed by atoms with Crippen LogP contribution < -0.4 is 9.80 Å². The van der Waals surface area contributed by atoms with Gasteiger partial charge in [-0.3, -0.25) is 0 Å². The van der Waals surface area contributed by atoms with Gasteiger partial charge in [-0.15, -0.1) is 23.1 Å². The molecule has 0 N–H and O–H groups in total.